The maximum atomic E-state index is 11.8. The first-order valence-electron chi connectivity index (χ1n) is 6.60. The van der Waals surface area contributed by atoms with E-state index < -0.39 is 0 Å². The van der Waals surface area contributed by atoms with E-state index >= 15 is 0 Å². The molecule has 0 bridgehead atoms. The van der Waals surface area contributed by atoms with E-state index in [1.807, 2.05) is 12.1 Å². The van der Waals surface area contributed by atoms with Crippen LogP contribution in [0.15, 0.2) is 42.5 Å². The van der Waals surface area contributed by atoms with Gasteiger partial charge < -0.3 is 10.6 Å². The number of carbonyl (C=O) groups excluding carboxylic acids is 1. The van der Waals surface area contributed by atoms with E-state index in [2.05, 4.69) is 56.9 Å². The summed E-state index contributed by atoms with van der Waals surface area (Å²) in [6.45, 7) is 0.612. The number of hydrogen-bond donors (Lipinski definition) is 2. The minimum atomic E-state index is -0.159. The van der Waals surface area contributed by atoms with Gasteiger partial charge >= 0.3 is 6.03 Å². The molecule has 2 N–H and O–H groups in total. The van der Waals surface area contributed by atoms with Crippen molar-refractivity contribution in [1.29, 1.82) is 0 Å². The predicted molar refractivity (Wildman–Crippen MR) is 85.5 cm³/mol. The summed E-state index contributed by atoms with van der Waals surface area (Å²) >= 11 is 3.29. The molecule has 2 amide bonds. The van der Waals surface area contributed by atoms with Gasteiger partial charge in [-0.3, -0.25) is 0 Å². The molecule has 102 valence electrons. The van der Waals surface area contributed by atoms with E-state index in [0.717, 1.165) is 17.4 Å². The maximum Gasteiger partial charge on any atom is 0.319 e. The second-order valence-corrected chi connectivity index (χ2v) is 5.53. The second kappa shape index (κ2) is 5.67. The lowest BCUT2D eigenvalue weighted by molar-refractivity contribution is 0.252. The van der Waals surface area contributed by atoms with Gasteiger partial charge in [-0.2, -0.15) is 0 Å². The van der Waals surface area contributed by atoms with Crippen molar-refractivity contribution in [2.24, 2.45) is 0 Å². The molecular weight excluding hydrogens is 316 g/mol. The van der Waals surface area contributed by atoms with Gasteiger partial charge in [0.15, 0.2) is 0 Å². The Labute approximate surface area is 126 Å². The molecule has 0 fully saturated rings. The van der Waals surface area contributed by atoms with Crippen molar-refractivity contribution in [2.45, 2.75) is 6.42 Å². The average Bonchev–Trinajstić information content (AvgIpc) is 2.85. The number of carbonyl (C=O) groups is 1. The third-order valence-electron chi connectivity index (χ3n) is 3.48. The highest BCUT2D eigenvalue weighted by atomic mass is 79.9. The van der Waals surface area contributed by atoms with E-state index in [9.17, 15) is 4.79 Å². The number of amides is 2. The smallest absolute Gasteiger partial charge is 0.319 e. The Morgan fingerprint density at radius 1 is 1.10 bits per heavy atom. The lowest BCUT2D eigenvalue weighted by Crippen LogP contribution is -2.30. The van der Waals surface area contributed by atoms with Gasteiger partial charge in [-0.1, -0.05) is 52.3 Å². The molecule has 0 aliphatic heterocycles. The summed E-state index contributed by atoms with van der Waals surface area (Å²) in [5.41, 5.74) is 5.90. The van der Waals surface area contributed by atoms with Gasteiger partial charge in [0, 0.05) is 24.0 Å². The number of fused-ring (bicyclic) bond motifs is 3. The molecule has 0 heterocycles. The molecule has 1 aliphatic carbocycles. The first-order valence-corrected chi connectivity index (χ1v) is 7.72. The highest BCUT2D eigenvalue weighted by molar-refractivity contribution is 9.09. The zero-order valence-electron chi connectivity index (χ0n) is 10.9. The molecule has 1 aliphatic rings. The molecule has 0 saturated carbocycles. The molecule has 0 saturated heterocycles. The average molecular weight is 331 g/mol. The van der Waals surface area contributed by atoms with Crippen LogP contribution in [0.4, 0.5) is 10.5 Å². The standard InChI is InChI=1S/C16H15BrN2O/c17-8-9-18-16(20)19-15-7-3-6-13-12-5-2-1-4-11(12)10-14(13)15/h1-7H,8-10H2,(H2,18,19,20). The molecule has 3 nitrogen and oxygen atoms in total. The number of nitrogens with one attached hydrogen (secondary N) is 2. The summed E-state index contributed by atoms with van der Waals surface area (Å²) in [4.78, 5) is 11.8. The van der Waals surface area contributed by atoms with Crippen LogP contribution in [0.25, 0.3) is 11.1 Å². The van der Waals surface area contributed by atoms with Gasteiger partial charge in [-0.05, 0) is 28.3 Å². The van der Waals surface area contributed by atoms with Crippen LogP contribution in [0.5, 0.6) is 0 Å². The number of rotatable bonds is 3. The largest absolute Gasteiger partial charge is 0.337 e. The number of alkyl halides is 1. The number of urea groups is 1. The van der Waals surface area contributed by atoms with Crippen molar-refractivity contribution in [3.05, 3.63) is 53.6 Å². The van der Waals surface area contributed by atoms with Crippen molar-refractivity contribution in [2.75, 3.05) is 17.2 Å². The fourth-order valence-electron chi connectivity index (χ4n) is 2.60. The van der Waals surface area contributed by atoms with Gasteiger partial charge in [-0.25, -0.2) is 4.79 Å². The summed E-state index contributed by atoms with van der Waals surface area (Å²) < 4.78 is 0. The van der Waals surface area contributed by atoms with Crippen molar-refractivity contribution in [1.82, 2.24) is 5.32 Å². The van der Waals surface area contributed by atoms with Crippen LogP contribution in [0.3, 0.4) is 0 Å². The van der Waals surface area contributed by atoms with Crippen LogP contribution >= 0.6 is 15.9 Å². The number of benzene rings is 2. The van der Waals surface area contributed by atoms with Gasteiger partial charge in [0.25, 0.3) is 0 Å². The molecule has 0 unspecified atom stereocenters. The Balaban J connectivity index is 1.88. The summed E-state index contributed by atoms with van der Waals surface area (Å²) in [5.74, 6) is 0. The van der Waals surface area contributed by atoms with E-state index in [0.29, 0.717) is 6.54 Å². The topological polar surface area (TPSA) is 41.1 Å². The summed E-state index contributed by atoms with van der Waals surface area (Å²) in [5, 5.41) is 6.49. The zero-order valence-corrected chi connectivity index (χ0v) is 12.5. The maximum absolute atomic E-state index is 11.8. The van der Waals surface area contributed by atoms with Gasteiger partial charge in [-0.15, -0.1) is 0 Å². The van der Waals surface area contributed by atoms with E-state index in [-0.39, 0.29) is 6.03 Å². The van der Waals surface area contributed by atoms with E-state index in [1.165, 1.54) is 22.3 Å². The van der Waals surface area contributed by atoms with Crippen LogP contribution in [-0.2, 0) is 6.42 Å². The molecule has 20 heavy (non-hydrogen) atoms. The Kier molecular flexibility index (Phi) is 3.74. The SMILES string of the molecule is O=C(NCCBr)Nc1cccc2c1Cc1ccccc1-2. The Morgan fingerprint density at radius 2 is 1.90 bits per heavy atom. The first kappa shape index (κ1) is 13.2. The summed E-state index contributed by atoms with van der Waals surface area (Å²) in [6, 6.07) is 14.3. The second-order valence-electron chi connectivity index (χ2n) is 4.74. The zero-order chi connectivity index (χ0) is 13.9. The number of anilines is 1. The third kappa shape index (κ3) is 2.43. The van der Waals surface area contributed by atoms with Gasteiger partial charge in [0.05, 0.1) is 0 Å². The van der Waals surface area contributed by atoms with Crippen LogP contribution in [0.1, 0.15) is 11.1 Å². The first-order chi connectivity index (χ1) is 9.79. The number of hydrogen-bond acceptors (Lipinski definition) is 1. The normalized spacial score (nSPS) is 11.7. The van der Waals surface area contributed by atoms with E-state index in [1.54, 1.807) is 0 Å². The molecule has 0 spiro atoms. The monoisotopic (exact) mass is 330 g/mol. The minimum absolute atomic E-state index is 0.159. The van der Waals surface area contributed by atoms with Crippen LogP contribution < -0.4 is 10.6 Å². The molecule has 0 radical (unpaired) electrons. The van der Waals surface area contributed by atoms with Gasteiger partial charge in [0.1, 0.15) is 0 Å². The summed E-state index contributed by atoms with van der Waals surface area (Å²) in [6.07, 6.45) is 0.875. The fraction of sp³-hybridized carbons (Fsp3) is 0.188. The molecule has 0 atom stereocenters. The highest BCUT2D eigenvalue weighted by Crippen LogP contribution is 2.39. The van der Waals surface area contributed by atoms with E-state index in [4.69, 9.17) is 0 Å². The predicted octanol–water partition coefficient (Wildman–Crippen LogP) is 3.77. The van der Waals surface area contributed by atoms with Crippen LogP contribution in [-0.4, -0.2) is 17.9 Å². The molecule has 2 aromatic rings. The van der Waals surface area contributed by atoms with Gasteiger partial charge in [0.2, 0.25) is 0 Å². The lowest BCUT2D eigenvalue weighted by Gasteiger charge is -2.11. The highest BCUT2D eigenvalue weighted by Gasteiger charge is 2.20. The third-order valence-corrected chi connectivity index (χ3v) is 3.88. The molecule has 0 aromatic heterocycles. The number of halogens is 1. The van der Waals surface area contributed by atoms with Crippen molar-refractivity contribution in [3.8, 4) is 11.1 Å². The Morgan fingerprint density at radius 3 is 2.75 bits per heavy atom. The lowest BCUT2D eigenvalue weighted by atomic mass is 10.1. The van der Waals surface area contributed by atoms with Crippen molar-refractivity contribution >= 4 is 27.6 Å². The Hall–Kier alpha value is -1.81. The summed E-state index contributed by atoms with van der Waals surface area (Å²) in [7, 11) is 0. The van der Waals surface area contributed by atoms with Crippen LogP contribution in [0, 0.1) is 0 Å². The van der Waals surface area contributed by atoms with Crippen molar-refractivity contribution < 1.29 is 4.79 Å². The minimum Gasteiger partial charge on any atom is -0.337 e. The fourth-order valence-corrected chi connectivity index (χ4v) is 2.80. The Bertz CT molecular complexity index is 655. The van der Waals surface area contributed by atoms with Crippen molar-refractivity contribution in [3.63, 3.8) is 0 Å². The molecular formula is C16H15BrN2O. The quantitative estimate of drug-likeness (QED) is 0.705. The molecule has 2 aromatic carbocycles. The van der Waals surface area contributed by atoms with Crippen LogP contribution in [0.2, 0.25) is 0 Å². The molecule has 4 heteroatoms. The molecule has 3 rings (SSSR count).